The number of aliphatic hydroxyl groups is 1. The van der Waals surface area contributed by atoms with Crippen molar-refractivity contribution in [3.05, 3.63) is 23.8 Å². The Kier molecular flexibility index (Phi) is 4.59. The van der Waals surface area contributed by atoms with E-state index in [4.69, 9.17) is 21.1 Å². The predicted molar refractivity (Wildman–Crippen MR) is 113 cm³/mol. The summed E-state index contributed by atoms with van der Waals surface area (Å²) in [6.07, 6.45) is 2.01. The number of hydrogen-bond donors (Lipinski definition) is 1. The Labute approximate surface area is 191 Å². The highest BCUT2D eigenvalue weighted by Gasteiger charge is 2.80. The highest BCUT2D eigenvalue weighted by Crippen LogP contribution is 2.73. The zero-order valence-corrected chi connectivity index (χ0v) is 19.4. The number of ketones is 2. The maximum atomic E-state index is 17.3. The summed E-state index contributed by atoms with van der Waals surface area (Å²) in [6.45, 7) is 6.12. The van der Waals surface area contributed by atoms with Gasteiger partial charge in [-0.2, -0.15) is 0 Å². The van der Waals surface area contributed by atoms with E-state index in [-0.39, 0.29) is 24.2 Å². The second kappa shape index (κ2) is 6.49. The molecule has 4 fully saturated rings. The number of carbonyl (C=O) groups is 2. The van der Waals surface area contributed by atoms with Crippen molar-refractivity contribution in [3.8, 4) is 0 Å². The lowest BCUT2D eigenvalue weighted by Gasteiger charge is -2.63. The molecule has 0 aromatic heterocycles. The normalized spacial score (nSPS) is 53.2. The van der Waals surface area contributed by atoms with Gasteiger partial charge in [-0.15, -0.1) is 11.6 Å². The molecule has 5 rings (SSSR count). The smallest absolute Gasteiger partial charge is 0.193 e. The molecule has 0 spiro atoms. The number of fused-ring (bicyclic) bond motifs is 7. The third-order valence-corrected chi connectivity index (χ3v) is 9.61. The van der Waals surface area contributed by atoms with Crippen LogP contribution in [0.2, 0.25) is 0 Å². The number of halogens is 3. The number of alkyl halides is 3. The Hall–Kier alpha value is -1.15. The van der Waals surface area contributed by atoms with Crippen molar-refractivity contribution in [2.24, 2.45) is 22.7 Å². The van der Waals surface area contributed by atoms with E-state index in [2.05, 4.69) is 0 Å². The van der Waals surface area contributed by atoms with Gasteiger partial charge in [0.2, 0.25) is 0 Å². The summed E-state index contributed by atoms with van der Waals surface area (Å²) >= 11 is 6.84. The van der Waals surface area contributed by atoms with E-state index in [0.29, 0.717) is 6.42 Å². The summed E-state index contributed by atoms with van der Waals surface area (Å²) in [4.78, 5) is 25.1. The molecule has 8 heteroatoms. The Morgan fingerprint density at radius 2 is 1.94 bits per heavy atom. The standard InChI is InChI=1S/C24H29ClF2O5/c1-20(2)31-19-9-13-14-8-16(26)15-7-12(29)5-6-21(15,3)23(14,27)17(25)10-22(13,4)24(19,32-20)18(30)11-28/h5-7,13-14,16-17,19,28H,8-11H2,1-4H3/t13-,14-,16-,17-,19+,21-,22-,23-,24+/m0/s1. The molecule has 1 heterocycles. The van der Waals surface area contributed by atoms with Crippen molar-refractivity contribution >= 4 is 23.2 Å². The Morgan fingerprint density at radius 1 is 1.25 bits per heavy atom. The molecule has 5 aliphatic rings. The first-order chi connectivity index (χ1) is 14.8. The summed E-state index contributed by atoms with van der Waals surface area (Å²) in [5.74, 6) is -3.21. The molecule has 5 nitrogen and oxygen atoms in total. The summed E-state index contributed by atoms with van der Waals surface area (Å²) in [5, 5.41) is 8.75. The number of allylic oxidation sites excluding steroid dienone is 4. The number of hydrogen-bond acceptors (Lipinski definition) is 5. The monoisotopic (exact) mass is 470 g/mol. The third-order valence-electron chi connectivity index (χ3n) is 9.14. The van der Waals surface area contributed by atoms with Gasteiger partial charge >= 0.3 is 0 Å². The largest absolute Gasteiger partial charge is 0.388 e. The minimum atomic E-state index is -2.03. The van der Waals surface area contributed by atoms with Crippen LogP contribution in [0.15, 0.2) is 23.8 Å². The van der Waals surface area contributed by atoms with Gasteiger partial charge in [-0.25, -0.2) is 8.78 Å². The van der Waals surface area contributed by atoms with Crippen LogP contribution in [0.25, 0.3) is 0 Å². The fourth-order valence-corrected chi connectivity index (χ4v) is 8.56. The van der Waals surface area contributed by atoms with Crippen LogP contribution in [0.1, 0.15) is 47.0 Å². The number of carbonyl (C=O) groups excluding carboxylic acids is 2. The predicted octanol–water partition coefficient (Wildman–Crippen LogP) is 3.61. The van der Waals surface area contributed by atoms with Crippen molar-refractivity contribution < 1.29 is 33.0 Å². The fraction of sp³-hybridized carbons (Fsp3) is 0.750. The molecule has 0 aromatic carbocycles. The molecular formula is C24H29ClF2O5. The number of ether oxygens (including phenoxy) is 2. The van der Waals surface area contributed by atoms with Gasteiger partial charge in [-0.1, -0.05) is 13.0 Å². The van der Waals surface area contributed by atoms with Crippen molar-refractivity contribution in [1.29, 1.82) is 0 Å². The molecule has 4 aliphatic carbocycles. The van der Waals surface area contributed by atoms with Crippen LogP contribution in [-0.4, -0.2) is 58.0 Å². The van der Waals surface area contributed by atoms with Crippen LogP contribution in [0, 0.1) is 22.7 Å². The fourth-order valence-electron chi connectivity index (χ4n) is 7.85. The summed E-state index contributed by atoms with van der Waals surface area (Å²) in [7, 11) is 0. The van der Waals surface area contributed by atoms with E-state index in [1.165, 1.54) is 18.2 Å². The topological polar surface area (TPSA) is 72.8 Å². The van der Waals surface area contributed by atoms with Gasteiger partial charge in [0.15, 0.2) is 23.0 Å². The molecule has 9 atom stereocenters. The van der Waals surface area contributed by atoms with Gasteiger partial charge < -0.3 is 14.6 Å². The molecule has 32 heavy (non-hydrogen) atoms. The van der Waals surface area contributed by atoms with Gasteiger partial charge in [-0.05, 0) is 63.7 Å². The van der Waals surface area contributed by atoms with Gasteiger partial charge in [0.25, 0.3) is 0 Å². The van der Waals surface area contributed by atoms with E-state index in [0.717, 1.165) is 0 Å². The molecule has 0 unspecified atom stereocenters. The van der Waals surface area contributed by atoms with E-state index >= 15 is 8.78 Å². The van der Waals surface area contributed by atoms with E-state index in [9.17, 15) is 14.7 Å². The number of Topliss-reactive ketones (excluding diaryl/α,β-unsaturated/α-hetero) is 1. The Balaban J connectivity index is 1.66. The number of aliphatic hydroxyl groups excluding tert-OH is 1. The molecule has 3 saturated carbocycles. The molecule has 0 bridgehead atoms. The minimum Gasteiger partial charge on any atom is -0.388 e. The molecule has 1 saturated heterocycles. The van der Waals surface area contributed by atoms with Crippen molar-refractivity contribution in [1.82, 2.24) is 0 Å². The van der Waals surface area contributed by atoms with Gasteiger partial charge in [0.05, 0.1) is 11.5 Å². The Morgan fingerprint density at radius 3 is 2.59 bits per heavy atom. The zero-order chi connectivity index (χ0) is 23.5. The van der Waals surface area contributed by atoms with Gasteiger partial charge in [0, 0.05) is 16.7 Å². The summed E-state index contributed by atoms with van der Waals surface area (Å²) in [5.41, 5.74) is -5.70. The van der Waals surface area contributed by atoms with Crippen molar-refractivity contribution in [3.63, 3.8) is 0 Å². The maximum absolute atomic E-state index is 17.3. The molecule has 0 aromatic rings. The highest BCUT2D eigenvalue weighted by molar-refractivity contribution is 6.21. The van der Waals surface area contributed by atoms with Crippen molar-refractivity contribution in [2.75, 3.05) is 6.61 Å². The van der Waals surface area contributed by atoms with Crippen LogP contribution >= 0.6 is 11.6 Å². The average molecular weight is 471 g/mol. The first-order valence-corrected chi connectivity index (χ1v) is 11.6. The van der Waals surface area contributed by atoms with Crippen LogP contribution in [-0.2, 0) is 19.1 Å². The molecule has 0 radical (unpaired) electrons. The van der Waals surface area contributed by atoms with Gasteiger partial charge in [0.1, 0.15) is 18.4 Å². The third kappa shape index (κ3) is 2.39. The van der Waals surface area contributed by atoms with E-state index < -0.39 is 69.8 Å². The molecule has 1 aliphatic heterocycles. The quantitative estimate of drug-likeness (QED) is 0.624. The minimum absolute atomic E-state index is 0.0928. The maximum Gasteiger partial charge on any atom is 0.193 e. The second-order valence-electron chi connectivity index (χ2n) is 11.0. The van der Waals surface area contributed by atoms with Crippen LogP contribution in [0.5, 0.6) is 0 Å². The molecule has 0 amide bonds. The van der Waals surface area contributed by atoms with Crippen LogP contribution in [0.4, 0.5) is 8.78 Å². The van der Waals surface area contributed by atoms with Crippen LogP contribution in [0.3, 0.4) is 0 Å². The lowest BCUT2D eigenvalue weighted by molar-refractivity contribution is -0.225. The zero-order valence-electron chi connectivity index (χ0n) is 18.7. The average Bonchev–Trinajstić information content (AvgIpc) is 3.11. The molecular weight excluding hydrogens is 442 g/mol. The second-order valence-corrected chi connectivity index (χ2v) is 11.5. The Bertz CT molecular complexity index is 964. The van der Waals surface area contributed by atoms with Gasteiger partial charge in [-0.3, -0.25) is 9.59 Å². The highest BCUT2D eigenvalue weighted by atomic mass is 35.5. The number of rotatable bonds is 2. The lowest BCUT2D eigenvalue weighted by Crippen LogP contribution is -2.70. The lowest BCUT2D eigenvalue weighted by atomic mass is 9.45. The summed E-state index contributed by atoms with van der Waals surface area (Å²) in [6, 6.07) is 0. The molecule has 176 valence electrons. The SMILES string of the molecule is CC1(C)O[C@@H]2C[C@H]3[C@@H]4C[C@H](F)C5=CC(=O)C=C[C@]5(C)[C@@]4(F)[C@@H](Cl)C[C@]3(C)[C@]2(C(=O)CO)O1. The van der Waals surface area contributed by atoms with E-state index in [1.807, 2.05) is 6.92 Å². The van der Waals surface area contributed by atoms with E-state index in [1.54, 1.807) is 20.8 Å². The summed E-state index contributed by atoms with van der Waals surface area (Å²) < 4.78 is 45.1. The first kappa shape index (κ1) is 22.6. The first-order valence-electron chi connectivity index (χ1n) is 11.2. The molecule has 1 N–H and O–H groups in total. The van der Waals surface area contributed by atoms with Crippen molar-refractivity contribution in [2.45, 2.75) is 81.7 Å². The van der Waals surface area contributed by atoms with Crippen LogP contribution < -0.4 is 0 Å².